The molecule has 160 valence electrons. The lowest BCUT2D eigenvalue weighted by Crippen LogP contribution is -2.39. The molecule has 2 rings (SSSR count). The van der Waals surface area contributed by atoms with Gasteiger partial charge in [0.05, 0.1) is 11.0 Å². The molecule has 0 aliphatic rings. The van der Waals surface area contributed by atoms with E-state index in [4.69, 9.17) is 4.98 Å². The molecule has 0 bridgehead atoms. The van der Waals surface area contributed by atoms with Gasteiger partial charge in [-0.3, -0.25) is 9.59 Å². The van der Waals surface area contributed by atoms with Gasteiger partial charge in [0.25, 0.3) is 0 Å². The van der Waals surface area contributed by atoms with E-state index < -0.39 is 0 Å². The van der Waals surface area contributed by atoms with Gasteiger partial charge in [-0.15, -0.1) is 0 Å². The number of hydrogen-bond acceptors (Lipinski definition) is 3. The molecule has 0 aliphatic carbocycles. The van der Waals surface area contributed by atoms with Gasteiger partial charge in [0.15, 0.2) is 0 Å². The van der Waals surface area contributed by atoms with E-state index in [1.807, 2.05) is 47.6 Å². The fourth-order valence-electron chi connectivity index (χ4n) is 3.39. The molecule has 6 nitrogen and oxygen atoms in total. The number of carbonyl (C=O) groups is 2. The van der Waals surface area contributed by atoms with Crippen LogP contribution in [0.15, 0.2) is 24.3 Å². The van der Waals surface area contributed by atoms with E-state index in [1.54, 1.807) is 0 Å². The molecule has 1 aromatic carbocycles. The summed E-state index contributed by atoms with van der Waals surface area (Å²) in [4.78, 5) is 31.7. The highest BCUT2D eigenvalue weighted by Gasteiger charge is 2.20. The van der Waals surface area contributed by atoms with E-state index >= 15 is 0 Å². The number of nitrogens with one attached hydrogen (secondary N) is 1. The number of nitrogens with zero attached hydrogens (tertiary/aromatic N) is 3. The minimum Gasteiger partial charge on any atom is -0.355 e. The van der Waals surface area contributed by atoms with Crippen molar-refractivity contribution in [1.82, 2.24) is 19.8 Å². The Balaban J connectivity index is 2.22. The summed E-state index contributed by atoms with van der Waals surface area (Å²) < 4.78 is 2.01. The maximum Gasteiger partial charge on any atom is 0.242 e. The van der Waals surface area contributed by atoms with Crippen LogP contribution in [0, 0.1) is 17.8 Å². The maximum atomic E-state index is 13.2. The lowest BCUT2D eigenvalue weighted by Gasteiger charge is -2.27. The fraction of sp³-hybridized carbons (Fsp3) is 0.609. The van der Waals surface area contributed by atoms with E-state index in [0.717, 1.165) is 29.9 Å². The number of rotatable bonds is 10. The Morgan fingerprint density at radius 3 is 2.24 bits per heavy atom. The average Bonchev–Trinajstić information content (AvgIpc) is 2.97. The maximum absolute atomic E-state index is 13.2. The third-order valence-corrected chi connectivity index (χ3v) is 4.72. The van der Waals surface area contributed by atoms with Crippen molar-refractivity contribution in [2.45, 2.75) is 54.5 Å². The standard InChI is InChI=1S/C23H36N4O2/c1-16(2)13-26(14-17(3)4)22(28)15-27-20-10-8-7-9-19(20)25-21(27)11-12-24-23(29)18(5)6/h7-10,16-18H,11-15H2,1-6H3,(H,24,29). The molecule has 1 aromatic heterocycles. The molecule has 1 heterocycles. The van der Waals surface area contributed by atoms with Gasteiger partial charge in [-0.1, -0.05) is 53.7 Å². The van der Waals surface area contributed by atoms with E-state index in [0.29, 0.717) is 24.8 Å². The Kier molecular flexibility index (Phi) is 8.23. The van der Waals surface area contributed by atoms with Crippen LogP contribution in [-0.2, 0) is 22.6 Å². The lowest BCUT2D eigenvalue weighted by atomic mass is 10.1. The summed E-state index contributed by atoms with van der Waals surface area (Å²) in [5.41, 5.74) is 1.84. The van der Waals surface area contributed by atoms with Crippen molar-refractivity contribution in [3.05, 3.63) is 30.1 Å². The second kappa shape index (κ2) is 10.4. The first kappa shape index (κ1) is 22.9. The molecular weight excluding hydrogens is 364 g/mol. The number of imidazole rings is 1. The highest BCUT2D eigenvalue weighted by molar-refractivity contribution is 5.81. The summed E-state index contributed by atoms with van der Waals surface area (Å²) in [5, 5.41) is 2.94. The summed E-state index contributed by atoms with van der Waals surface area (Å²) in [6, 6.07) is 7.89. The molecule has 0 saturated carbocycles. The Labute approximate surface area is 174 Å². The first-order valence-electron chi connectivity index (χ1n) is 10.7. The summed E-state index contributed by atoms with van der Waals surface area (Å²) in [7, 11) is 0. The average molecular weight is 401 g/mol. The van der Waals surface area contributed by atoms with E-state index in [9.17, 15) is 9.59 Å². The van der Waals surface area contributed by atoms with Crippen LogP contribution in [0.5, 0.6) is 0 Å². The highest BCUT2D eigenvalue weighted by Crippen LogP contribution is 2.17. The molecule has 0 aliphatic heterocycles. The summed E-state index contributed by atoms with van der Waals surface area (Å²) >= 11 is 0. The van der Waals surface area contributed by atoms with Gasteiger partial charge in [0.2, 0.25) is 11.8 Å². The number of para-hydroxylation sites is 2. The zero-order chi connectivity index (χ0) is 21.6. The van der Waals surface area contributed by atoms with Crippen molar-refractivity contribution in [2.75, 3.05) is 19.6 Å². The molecule has 0 saturated heterocycles. The van der Waals surface area contributed by atoms with Crippen LogP contribution in [0.4, 0.5) is 0 Å². The van der Waals surface area contributed by atoms with Crippen molar-refractivity contribution in [3.8, 4) is 0 Å². The second-order valence-corrected chi connectivity index (χ2v) is 8.89. The van der Waals surface area contributed by atoms with Gasteiger partial charge in [0, 0.05) is 32.0 Å². The molecule has 2 amide bonds. The number of benzene rings is 1. The normalized spacial score (nSPS) is 11.6. The third-order valence-electron chi connectivity index (χ3n) is 4.72. The van der Waals surface area contributed by atoms with E-state index in [2.05, 4.69) is 33.0 Å². The van der Waals surface area contributed by atoms with Gasteiger partial charge in [-0.2, -0.15) is 0 Å². The first-order chi connectivity index (χ1) is 13.7. The van der Waals surface area contributed by atoms with Crippen molar-refractivity contribution in [3.63, 3.8) is 0 Å². The molecule has 29 heavy (non-hydrogen) atoms. The van der Waals surface area contributed by atoms with Crippen LogP contribution < -0.4 is 5.32 Å². The molecule has 1 N–H and O–H groups in total. The van der Waals surface area contributed by atoms with Gasteiger partial charge in [0.1, 0.15) is 12.4 Å². The molecule has 0 spiro atoms. The zero-order valence-corrected chi connectivity index (χ0v) is 18.7. The number of amides is 2. The lowest BCUT2D eigenvalue weighted by molar-refractivity contribution is -0.133. The largest absolute Gasteiger partial charge is 0.355 e. The quantitative estimate of drug-likeness (QED) is 0.664. The molecule has 0 fully saturated rings. The van der Waals surface area contributed by atoms with Crippen molar-refractivity contribution < 1.29 is 9.59 Å². The van der Waals surface area contributed by atoms with Gasteiger partial charge in [-0.05, 0) is 24.0 Å². The van der Waals surface area contributed by atoms with Gasteiger partial charge < -0.3 is 14.8 Å². The smallest absolute Gasteiger partial charge is 0.242 e. The van der Waals surface area contributed by atoms with Crippen LogP contribution in [0.1, 0.15) is 47.4 Å². The molecule has 6 heteroatoms. The number of fused-ring (bicyclic) bond motifs is 1. The van der Waals surface area contributed by atoms with Crippen LogP contribution in [0.25, 0.3) is 11.0 Å². The topological polar surface area (TPSA) is 67.2 Å². The molecular formula is C23H36N4O2. The second-order valence-electron chi connectivity index (χ2n) is 8.89. The first-order valence-corrected chi connectivity index (χ1v) is 10.7. The summed E-state index contributed by atoms with van der Waals surface area (Å²) in [6.07, 6.45) is 0.592. The zero-order valence-electron chi connectivity index (χ0n) is 18.7. The Morgan fingerprint density at radius 1 is 1.03 bits per heavy atom. The van der Waals surface area contributed by atoms with Crippen LogP contribution >= 0.6 is 0 Å². The van der Waals surface area contributed by atoms with Crippen LogP contribution in [0.3, 0.4) is 0 Å². The minimum atomic E-state index is -0.0454. The molecule has 0 atom stereocenters. The summed E-state index contributed by atoms with van der Waals surface area (Å²) in [5.74, 6) is 1.77. The third kappa shape index (κ3) is 6.58. The number of hydrogen-bond donors (Lipinski definition) is 1. The van der Waals surface area contributed by atoms with Gasteiger partial charge >= 0.3 is 0 Å². The predicted molar refractivity (Wildman–Crippen MR) is 118 cm³/mol. The van der Waals surface area contributed by atoms with Crippen LogP contribution in [-0.4, -0.2) is 45.9 Å². The fourth-order valence-corrected chi connectivity index (χ4v) is 3.39. The van der Waals surface area contributed by atoms with Crippen LogP contribution in [0.2, 0.25) is 0 Å². The SMILES string of the molecule is CC(C)CN(CC(C)C)C(=O)Cn1c(CCNC(=O)C(C)C)nc2ccccc21. The van der Waals surface area contributed by atoms with E-state index in [-0.39, 0.29) is 24.3 Å². The van der Waals surface area contributed by atoms with Gasteiger partial charge in [-0.25, -0.2) is 4.98 Å². The van der Waals surface area contributed by atoms with Crippen molar-refractivity contribution in [2.24, 2.45) is 17.8 Å². The van der Waals surface area contributed by atoms with Crippen molar-refractivity contribution in [1.29, 1.82) is 0 Å². The highest BCUT2D eigenvalue weighted by atomic mass is 16.2. The Hall–Kier alpha value is -2.37. The summed E-state index contributed by atoms with van der Waals surface area (Å²) in [6.45, 7) is 14.6. The number of carbonyl (C=O) groups excluding carboxylic acids is 2. The van der Waals surface area contributed by atoms with E-state index in [1.165, 1.54) is 0 Å². The minimum absolute atomic E-state index is 0.0313. The molecule has 0 radical (unpaired) electrons. The molecule has 2 aromatic rings. The Bertz CT molecular complexity index is 813. The monoisotopic (exact) mass is 400 g/mol. The molecule has 0 unspecified atom stereocenters. The number of aromatic nitrogens is 2. The Morgan fingerprint density at radius 2 is 1.66 bits per heavy atom. The predicted octanol–water partition coefficient (Wildman–Crippen LogP) is 3.49. The van der Waals surface area contributed by atoms with Crippen molar-refractivity contribution >= 4 is 22.8 Å².